The summed E-state index contributed by atoms with van der Waals surface area (Å²) >= 11 is 4.90. The number of benzene rings is 1. The SMILES string of the molecule is Cc1cc(C(=O)Nc2ccc3[nH]c(=S)oc3c2)n[nH]1. The van der Waals surface area contributed by atoms with Crippen LogP contribution >= 0.6 is 12.2 Å². The molecule has 0 aliphatic rings. The van der Waals surface area contributed by atoms with E-state index in [1.165, 1.54) is 0 Å². The summed E-state index contributed by atoms with van der Waals surface area (Å²) in [6, 6.07) is 6.94. The summed E-state index contributed by atoms with van der Waals surface area (Å²) in [5.74, 6) is -0.280. The van der Waals surface area contributed by atoms with Crippen LogP contribution in [0.1, 0.15) is 16.2 Å². The third kappa shape index (κ3) is 2.27. The van der Waals surface area contributed by atoms with E-state index in [0.29, 0.717) is 21.8 Å². The lowest BCUT2D eigenvalue weighted by atomic mass is 10.2. The molecule has 0 bridgehead atoms. The van der Waals surface area contributed by atoms with Gasteiger partial charge in [-0.25, -0.2) is 0 Å². The van der Waals surface area contributed by atoms with Gasteiger partial charge in [-0.1, -0.05) is 0 Å². The number of aromatic amines is 2. The zero-order chi connectivity index (χ0) is 13.4. The molecule has 3 N–H and O–H groups in total. The van der Waals surface area contributed by atoms with E-state index < -0.39 is 0 Å². The van der Waals surface area contributed by atoms with E-state index >= 15 is 0 Å². The number of nitrogens with zero attached hydrogens (tertiary/aromatic N) is 1. The molecule has 96 valence electrons. The third-order valence-electron chi connectivity index (χ3n) is 2.62. The average molecular weight is 274 g/mol. The Bertz CT molecular complexity index is 814. The van der Waals surface area contributed by atoms with Gasteiger partial charge >= 0.3 is 0 Å². The second-order valence-electron chi connectivity index (χ2n) is 4.12. The van der Waals surface area contributed by atoms with Crippen LogP contribution < -0.4 is 5.32 Å². The van der Waals surface area contributed by atoms with Crippen molar-refractivity contribution >= 4 is 34.9 Å². The minimum absolute atomic E-state index is 0.280. The number of fused-ring (bicyclic) bond motifs is 1. The Morgan fingerprint density at radius 1 is 1.42 bits per heavy atom. The van der Waals surface area contributed by atoms with E-state index in [1.54, 1.807) is 24.3 Å². The van der Waals surface area contributed by atoms with Crippen molar-refractivity contribution in [3.8, 4) is 0 Å². The number of aromatic nitrogens is 3. The molecular weight excluding hydrogens is 264 g/mol. The number of anilines is 1. The molecule has 0 aliphatic carbocycles. The van der Waals surface area contributed by atoms with Crippen molar-refractivity contribution in [2.24, 2.45) is 0 Å². The molecule has 0 saturated heterocycles. The van der Waals surface area contributed by atoms with Crippen LogP contribution in [0.4, 0.5) is 5.69 Å². The van der Waals surface area contributed by atoms with Crippen LogP contribution in [0.15, 0.2) is 28.7 Å². The molecule has 19 heavy (non-hydrogen) atoms. The van der Waals surface area contributed by atoms with Crippen LogP contribution in [-0.2, 0) is 0 Å². The van der Waals surface area contributed by atoms with Crippen molar-refractivity contribution in [1.29, 1.82) is 0 Å². The molecule has 2 heterocycles. The van der Waals surface area contributed by atoms with Gasteiger partial charge in [-0.15, -0.1) is 0 Å². The molecule has 0 fully saturated rings. The fraction of sp³-hybridized carbons (Fsp3) is 0.0833. The number of hydrogen-bond donors (Lipinski definition) is 3. The highest BCUT2D eigenvalue weighted by atomic mass is 32.1. The van der Waals surface area contributed by atoms with Gasteiger partial charge < -0.3 is 14.7 Å². The predicted molar refractivity (Wildman–Crippen MR) is 72.7 cm³/mol. The Labute approximate surface area is 112 Å². The molecule has 0 radical (unpaired) electrons. The zero-order valence-electron chi connectivity index (χ0n) is 9.98. The molecule has 0 aliphatic heterocycles. The van der Waals surface area contributed by atoms with Crippen LogP contribution in [0.25, 0.3) is 11.1 Å². The van der Waals surface area contributed by atoms with Crippen molar-refractivity contribution in [2.45, 2.75) is 6.92 Å². The highest BCUT2D eigenvalue weighted by Crippen LogP contribution is 2.19. The van der Waals surface area contributed by atoms with Gasteiger partial charge in [0, 0.05) is 17.4 Å². The highest BCUT2D eigenvalue weighted by Gasteiger charge is 2.10. The topological polar surface area (TPSA) is 86.7 Å². The number of aryl methyl sites for hydroxylation is 1. The van der Waals surface area contributed by atoms with Crippen LogP contribution in [0.3, 0.4) is 0 Å². The number of carbonyl (C=O) groups is 1. The first-order chi connectivity index (χ1) is 9.11. The van der Waals surface area contributed by atoms with Crippen LogP contribution in [0.2, 0.25) is 0 Å². The molecule has 0 unspecified atom stereocenters. The normalized spacial score (nSPS) is 10.8. The number of hydrogen-bond acceptors (Lipinski definition) is 4. The number of oxazole rings is 1. The predicted octanol–water partition coefficient (Wildman–Crippen LogP) is 2.77. The maximum Gasteiger partial charge on any atom is 0.276 e. The standard InChI is InChI=1S/C12H10N4O2S/c1-6-4-9(16-15-6)11(17)13-7-2-3-8-10(5-7)18-12(19)14-8/h2-5H,1H3,(H,13,17)(H,14,19)(H,15,16). The maximum absolute atomic E-state index is 11.9. The first kappa shape index (κ1) is 11.7. The van der Waals surface area contributed by atoms with Gasteiger partial charge in [-0.3, -0.25) is 9.89 Å². The Morgan fingerprint density at radius 2 is 2.26 bits per heavy atom. The van der Waals surface area contributed by atoms with Crippen molar-refractivity contribution in [3.05, 3.63) is 40.5 Å². The molecular formula is C12H10N4O2S. The Morgan fingerprint density at radius 3 is 3.00 bits per heavy atom. The van der Waals surface area contributed by atoms with Gasteiger partial charge in [0.2, 0.25) is 0 Å². The lowest BCUT2D eigenvalue weighted by Gasteiger charge is -2.02. The van der Waals surface area contributed by atoms with Crippen molar-refractivity contribution in [3.63, 3.8) is 0 Å². The molecule has 3 rings (SSSR count). The summed E-state index contributed by atoms with van der Waals surface area (Å²) in [5, 5.41) is 9.36. The fourth-order valence-corrected chi connectivity index (χ4v) is 1.95. The average Bonchev–Trinajstić information content (AvgIpc) is 2.93. The number of carbonyl (C=O) groups excluding carboxylic acids is 1. The molecule has 0 atom stereocenters. The van der Waals surface area contributed by atoms with E-state index in [0.717, 1.165) is 11.2 Å². The molecule has 0 spiro atoms. The van der Waals surface area contributed by atoms with Crippen molar-refractivity contribution in [1.82, 2.24) is 15.2 Å². The molecule has 6 nitrogen and oxygen atoms in total. The van der Waals surface area contributed by atoms with E-state index in [-0.39, 0.29) is 5.91 Å². The summed E-state index contributed by atoms with van der Waals surface area (Å²) in [6.07, 6.45) is 0. The third-order valence-corrected chi connectivity index (χ3v) is 2.80. The first-order valence-electron chi connectivity index (χ1n) is 5.58. The first-order valence-corrected chi connectivity index (χ1v) is 5.99. The molecule has 1 amide bonds. The van der Waals surface area contributed by atoms with E-state index in [2.05, 4.69) is 20.5 Å². The summed E-state index contributed by atoms with van der Waals surface area (Å²) < 4.78 is 5.29. The van der Waals surface area contributed by atoms with Crippen LogP contribution in [-0.4, -0.2) is 21.1 Å². The molecule has 1 aromatic carbocycles. The van der Waals surface area contributed by atoms with Crippen LogP contribution in [0.5, 0.6) is 0 Å². The Balaban J connectivity index is 1.88. The number of H-pyrrole nitrogens is 2. The van der Waals surface area contributed by atoms with Crippen molar-refractivity contribution < 1.29 is 9.21 Å². The van der Waals surface area contributed by atoms with Crippen molar-refractivity contribution in [2.75, 3.05) is 5.32 Å². The van der Waals surface area contributed by atoms with E-state index in [4.69, 9.17) is 16.6 Å². The van der Waals surface area contributed by atoms with Crippen LogP contribution in [0, 0.1) is 11.8 Å². The van der Waals surface area contributed by atoms with Gasteiger partial charge in [0.1, 0.15) is 0 Å². The highest BCUT2D eigenvalue weighted by molar-refractivity contribution is 7.71. The Hall–Kier alpha value is -2.41. The van der Waals surface area contributed by atoms with Gasteiger partial charge in [0.25, 0.3) is 10.7 Å². The summed E-state index contributed by atoms with van der Waals surface area (Å²) in [5.41, 5.74) is 3.18. The smallest absolute Gasteiger partial charge is 0.276 e. The number of amides is 1. The number of nitrogens with one attached hydrogen (secondary N) is 3. The summed E-state index contributed by atoms with van der Waals surface area (Å²) in [7, 11) is 0. The molecule has 3 aromatic rings. The fourth-order valence-electron chi connectivity index (χ4n) is 1.75. The lowest BCUT2D eigenvalue weighted by Crippen LogP contribution is -2.12. The molecule has 0 saturated carbocycles. The molecule has 2 aromatic heterocycles. The zero-order valence-corrected chi connectivity index (χ0v) is 10.8. The minimum Gasteiger partial charge on any atom is -0.429 e. The summed E-state index contributed by atoms with van der Waals surface area (Å²) in [6.45, 7) is 1.83. The van der Waals surface area contributed by atoms with Gasteiger partial charge in [0.05, 0.1) is 5.52 Å². The van der Waals surface area contributed by atoms with E-state index in [1.807, 2.05) is 6.92 Å². The minimum atomic E-state index is -0.280. The second-order valence-corrected chi connectivity index (χ2v) is 4.49. The van der Waals surface area contributed by atoms with Gasteiger partial charge in [-0.05, 0) is 37.3 Å². The Kier molecular flexibility index (Phi) is 2.68. The molecule has 7 heteroatoms. The van der Waals surface area contributed by atoms with E-state index in [9.17, 15) is 4.79 Å². The monoisotopic (exact) mass is 274 g/mol. The van der Waals surface area contributed by atoms with Gasteiger partial charge in [-0.2, -0.15) is 5.10 Å². The van der Waals surface area contributed by atoms with Gasteiger partial charge in [0.15, 0.2) is 11.3 Å². The quantitative estimate of drug-likeness (QED) is 0.627. The lowest BCUT2D eigenvalue weighted by molar-refractivity contribution is 0.102. The summed E-state index contributed by atoms with van der Waals surface area (Å²) in [4.78, 5) is 15.1. The number of rotatable bonds is 2. The largest absolute Gasteiger partial charge is 0.429 e. The second kappa shape index (κ2) is 4.36. The maximum atomic E-state index is 11.9.